The molecule has 1 atom stereocenters. The molecule has 1 aliphatic heterocycles. The van der Waals surface area contributed by atoms with Gasteiger partial charge in [-0.15, -0.1) is 0 Å². The van der Waals surface area contributed by atoms with Crippen molar-refractivity contribution in [3.8, 4) is 0 Å². The molecule has 1 unspecified atom stereocenters. The van der Waals surface area contributed by atoms with E-state index in [-0.39, 0.29) is 0 Å². The van der Waals surface area contributed by atoms with Crippen LogP contribution in [-0.4, -0.2) is 42.9 Å². The van der Waals surface area contributed by atoms with Crippen LogP contribution in [-0.2, 0) is 9.59 Å². The maximum atomic E-state index is 11.9. The number of carbonyl (C=O) groups excluding carboxylic acids is 2. The van der Waals surface area contributed by atoms with Gasteiger partial charge in [0.25, 0.3) is 0 Å². The van der Waals surface area contributed by atoms with E-state index in [1.165, 1.54) is 19.3 Å². The predicted molar refractivity (Wildman–Crippen MR) is 92.3 cm³/mol. The number of rotatable bonds is 5. The molecule has 5 nitrogen and oxygen atoms in total. The van der Waals surface area contributed by atoms with Crippen molar-refractivity contribution in [2.24, 2.45) is 5.92 Å². The van der Waals surface area contributed by atoms with Gasteiger partial charge in [-0.3, -0.25) is 9.59 Å². The van der Waals surface area contributed by atoms with Crippen LogP contribution in [0.15, 0.2) is 24.3 Å². The van der Waals surface area contributed by atoms with E-state index < -0.39 is 11.8 Å². The zero-order chi connectivity index (χ0) is 16.7. The van der Waals surface area contributed by atoms with Crippen molar-refractivity contribution >= 4 is 17.5 Å². The van der Waals surface area contributed by atoms with Crippen molar-refractivity contribution in [3.05, 3.63) is 29.8 Å². The summed E-state index contributed by atoms with van der Waals surface area (Å²) in [5, 5.41) is 5.34. The third-order valence-corrected chi connectivity index (χ3v) is 4.15. The van der Waals surface area contributed by atoms with Crippen LogP contribution in [0, 0.1) is 12.8 Å². The van der Waals surface area contributed by atoms with Crippen molar-refractivity contribution in [3.63, 3.8) is 0 Å². The largest absolute Gasteiger partial charge is 0.348 e. The Morgan fingerprint density at radius 1 is 1.09 bits per heavy atom. The van der Waals surface area contributed by atoms with Crippen LogP contribution >= 0.6 is 0 Å². The number of nitrogens with zero attached hydrogens (tertiary/aromatic N) is 1. The van der Waals surface area contributed by atoms with Crippen molar-refractivity contribution in [1.29, 1.82) is 0 Å². The smallest absolute Gasteiger partial charge is 0.313 e. The number of hydrogen-bond donors (Lipinski definition) is 2. The number of carbonyl (C=O) groups is 2. The Labute approximate surface area is 138 Å². The van der Waals surface area contributed by atoms with Crippen molar-refractivity contribution in [2.45, 2.75) is 33.1 Å². The molecule has 0 bridgehead atoms. The summed E-state index contributed by atoms with van der Waals surface area (Å²) in [6.45, 7) is 7.86. The zero-order valence-corrected chi connectivity index (χ0v) is 14.1. The summed E-state index contributed by atoms with van der Waals surface area (Å²) in [4.78, 5) is 26.2. The van der Waals surface area contributed by atoms with Crippen LogP contribution in [0.4, 0.5) is 5.69 Å². The molecule has 23 heavy (non-hydrogen) atoms. The fourth-order valence-corrected chi connectivity index (χ4v) is 2.82. The lowest BCUT2D eigenvalue weighted by Gasteiger charge is -2.29. The Morgan fingerprint density at radius 2 is 1.74 bits per heavy atom. The molecule has 1 heterocycles. The van der Waals surface area contributed by atoms with Crippen molar-refractivity contribution in [2.75, 3.05) is 31.5 Å². The normalized spacial score (nSPS) is 16.6. The minimum absolute atomic E-state index is 0.337. The Morgan fingerprint density at radius 3 is 2.39 bits per heavy atom. The van der Waals surface area contributed by atoms with Gasteiger partial charge in [-0.1, -0.05) is 31.0 Å². The Hall–Kier alpha value is -1.88. The minimum Gasteiger partial charge on any atom is -0.348 e. The van der Waals surface area contributed by atoms with E-state index in [1.54, 1.807) is 12.1 Å². The molecule has 0 saturated carbocycles. The fraction of sp³-hybridized carbons (Fsp3) is 0.556. The lowest BCUT2D eigenvalue weighted by molar-refractivity contribution is -0.136. The molecule has 1 fully saturated rings. The second-order valence-electron chi connectivity index (χ2n) is 6.50. The summed E-state index contributed by atoms with van der Waals surface area (Å²) in [6.07, 6.45) is 3.84. The molecule has 0 aromatic heterocycles. The van der Waals surface area contributed by atoms with E-state index in [2.05, 4.69) is 22.5 Å². The first-order valence-electron chi connectivity index (χ1n) is 8.43. The first kappa shape index (κ1) is 17.5. The minimum atomic E-state index is -0.612. The predicted octanol–water partition coefficient (Wildman–Crippen LogP) is 2.17. The number of likely N-dealkylation sites (tertiary alicyclic amines) is 1. The molecule has 0 spiro atoms. The number of piperidine rings is 1. The summed E-state index contributed by atoms with van der Waals surface area (Å²) in [5.74, 6) is -0.848. The molecule has 5 heteroatoms. The first-order valence-corrected chi connectivity index (χ1v) is 8.43. The van der Waals surface area contributed by atoms with Gasteiger partial charge >= 0.3 is 11.8 Å². The summed E-state index contributed by atoms with van der Waals surface area (Å²) in [7, 11) is 0. The van der Waals surface area contributed by atoms with E-state index in [1.807, 2.05) is 19.1 Å². The molecule has 0 radical (unpaired) electrons. The van der Waals surface area contributed by atoms with Gasteiger partial charge in [0.1, 0.15) is 0 Å². The highest BCUT2D eigenvalue weighted by atomic mass is 16.2. The maximum absolute atomic E-state index is 11.9. The Bertz CT molecular complexity index is 522. The van der Waals surface area contributed by atoms with E-state index in [0.29, 0.717) is 18.2 Å². The molecule has 1 aromatic rings. The van der Waals surface area contributed by atoms with Gasteiger partial charge in [-0.05, 0) is 50.9 Å². The van der Waals surface area contributed by atoms with Crippen LogP contribution in [0.3, 0.4) is 0 Å². The van der Waals surface area contributed by atoms with Crippen LogP contribution in [0.2, 0.25) is 0 Å². The number of aryl methyl sites for hydroxylation is 1. The first-order chi connectivity index (χ1) is 11.0. The van der Waals surface area contributed by atoms with E-state index in [4.69, 9.17) is 0 Å². The standard InChI is InChI=1S/C18H27N3O2/c1-14-6-8-16(9-7-14)20-18(23)17(22)19-12-15(2)13-21-10-4-3-5-11-21/h6-9,15H,3-5,10-13H2,1-2H3,(H,19,22)(H,20,23). The molecule has 2 N–H and O–H groups in total. The topological polar surface area (TPSA) is 61.4 Å². The molecule has 2 rings (SSSR count). The van der Waals surface area contributed by atoms with Gasteiger partial charge in [0.15, 0.2) is 0 Å². The van der Waals surface area contributed by atoms with Crippen LogP contribution < -0.4 is 10.6 Å². The summed E-state index contributed by atoms with van der Waals surface area (Å²) in [6, 6.07) is 7.38. The average Bonchev–Trinajstić information content (AvgIpc) is 2.55. The van der Waals surface area contributed by atoms with Gasteiger partial charge < -0.3 is 15.5 Å². The molecular formula is C18H27N3O2. The average molecular weight is 317 g/mol. The van der Waals surface area contributed by atoms with Crippen molar-refractivity contribution < 1.29 is 9.59 Å². The fourth-order valence-electron chi connectivity index (χ4n) is 2.82. The second-order valence-corrected chi connectivity index (χ2v) is 6.50. The van der Waals surface area contributed by atoms with Crippen LogP contribution in [0.5, 0.6) is 0 Å². The summed E-state index contributed by atoms with van der Waals surface area (Å²) >= 11 is 0. The quantitative estimate of drug-likeness (QED) is 0.818. The van der Waals surface area contributed by atoms with Gasteiger partial charge in [-0.2, -0.15) is 0 Å². The number of benzene rings is 1. The highest BCUT2D eigenvalue weighted by molar-refractivity contribution is 6.39. The third kappa shape index (κ3) is 6.02. The second kappa shape index (κ2) is 8.67. The van der Waals surface area contributed by atoms with E-state index >= 15 is 0 Å². The molecule has 2 amide bonds. The lowest BCUT2D eigenvalue weighted by Crippen LogP contribution is -2.41. The maximum Gasteiger partial charge on any atom is 0.313 e. The molecular weight excluding hydrogens is 290 g/mol. The number of amides is 2. The number of nitrogens with one attached hydrogen (secondary N) is 2. The molecule has 1 aliphatic rings. The number of hydrogen-bond acceptors (Lipinski definition) is 3. The van der Waals surface area contributed by atoms with E-state index in [9.17, 15) is 9.59 Å². The van der Waals surface area contributed by atoms with Crippen LogP contribution in [0.1, 0.15) is 31.7 Å². The summed E-state index contributed by atoms with van der Waals surface area (Å²) < 4.78 is 0. The van der Waals surface area contributed by atoms with Gasteiger partial charge in [0, 0.05) is 18.8 Å². The Kier molecular flexibility index (Phi) is 6.59. The Balaban J connectivity index is 1.70. The van der Waals surface area contributed by atoms with E-state index in [0.717, 1.165) is 25.2 Å². The van der Waals surface area contributed by atoms with Gasteiger partial charge in [0.2, 0.25) is 0 Å². The highest BCUT2D eigenvalue weighted by Crippen LogP contribution is 2.11. The molecule has 0 aliphatic carbocycles. The van der Waals surface area contributed by atoms with Gasteiger partial charge in [-0.25, -0.2) is 0 Å². The lowest BCUT2D eigenvalue weighted by atomic mass is 10.1. The van der Waals surface area contributed by atoms with Gasteiger partial charge in [0.05, 0.1) is 0 Å². The van der Waals surface area contributed by atoms with Crippen LogP contribution in [0.25, 0.3) is 0 Å². The summed E-state index contributed by atoms with van der Waals surface area (Å²) in [5.41, 5.74) is 1.75. The molecule has 1 saturated heterocycles. The van der Waals surface area contributed by atoms with Crippen molar-refractivity contribution in [1.82, 2.24) is 10.2 Å². The SMILES string of the molecule is Cc1ccc(NC(=O)C(=O)NCC(C)CN2CCCCC2)cc1. The highest BCUT2D eigenvalue weighted by Gasteiger charge is 2.17. The molecule has 126 valence electrons. The third-order valence-electron chi connectivity index (χ3n) is 4.15. The zero-order valence-electron chi connectivity index (χ0n) is 14.1. The number of anilines is 1. The monoisotopic (exact) mass is 317 g/mol. The molecule has 1 aromatic carbocycles.